The van der Waals surface area contributed by atoms with Crippen LogP contribution in [0.3, 0.4) is 0 Å². The molecule has 2 aromatic carbocycles. The smallest absolute Gasteiger partial charge is 0.243 e. The van der Waals surface area contributed by atoms with Crippen molar-refractivity contribution in [3.8, 4) is 5.75 Å². The third-order valence-electron chi connectivity index (χ3n) is 3.50. The molecule has 5 heteroatoms. The summed E-state index contributed by atoms with van der Waals surface area (Å²) in [6, 6.07) is 15.8. The molecule has 0 bridgehead atoms. The van der Waals surface area contributed by atoms with Gasteiger partial charge in [0.15, 0.2) is 0 Å². The third-order valence-corrected chi connectivity index (χ3v) is 4.60. The third kappa shape index (κ3) is 6.64. The van der Waals surface area contributed by atoms with Crippen LogP contribution in [0.2, 0.25) is 0 Å². The van der Waals surface area contributed by atoms with Gasteiger partial charge in [0.05, 0.1) is 7.11 Å². The van der Waals surface area contributed by atoms with E-state index < -0.39 is 0 Å². The fourth-order valence-corrected chi connectivity index (χ4v) is 3.08. The summed E-state index contributed by atoms with van der Waals surface area (Å²) in [6.07, 6.45) is 4.85. The molecule has 0 atom stereocenters. The van der Waals surface area contributed by atoms with Crippen LogP contribution in [0, 0.1) is 0 Å². The number of benzene rings is 2. The van der Waals surface area contributed by atoms with Crippen molar-refractivity contribution in [1.29, 1.82) is 0 Å². The molecule has 0 spiro atoms. The van der Waals surface area contributed by atoms with Crippen LogP contribution < -0.4 is 10.1 Å². The summed E-state index contributed by atoms with van der Waals surface area (Å²) in [6.45, 7) is 0.730. The summed E-state index contributed by atoms with van der Waals surface area (Å²) in [5.41, 5.74) is 0.994. The quantitative estimate of drug-likeness (QED) is 0.530. The van der Waals surface area contributed by atoms with Crippen molar-refractivity contribution < 1.29 is 14.6 Å². The predicted molar refractivity (Wildman–Crippen MR) is 102 cm³/mol. The summed E-state index contributed by atoms with van der Waals surface area (Å²) < 4.78 is 5.18. The Hall–Kier alpha value is -2.24. The lowest BCUT2D eigenvalue weighted by Crippen LogP contribution is -2.22. The first-order valence-electron chi connectivity index (χ1n) is 8.20. The average Bonchev–Trinajstić information content (AvgIpc) is 2.65. The molecule has 0 aliphatic rings. The fourth-order valence-electron chi connectivity index (χ4n) is 2.15. The predicted octanol–water partition coefficient (Wildman–Crippen LogP) is 3.75. The van der Waals surface area contributed by atoms with E-state index in [9.17, 15) is 4.79 Å². The highest BCUT2D eigenvalue weighted by Crippen LogP contribution is 2.32. The zero-order chi connectivity index (χ0) is 17.9. The summed E-state index contributed by atoms with van der Waals surface area (Å²) in [4.78, 5) is 14.0. The second-order valence-electron chi connectivity index (χ2n) is 5.37. The molecule has 2 aromatic rings. The number of carbonyl (C=O) groups excluding carboxylic acids is 1. The van der Waals surface area contributed by atoms with Gasteiger partial charge < -0.3 is 15.2 Å². The maximum Gasteiger partial charge on any atom is 0.243 e. The van der Waals surface area contributed by atoms with Gasteiger partial charge in [0, 0.05) is 29.0 Å². The molecule has 1 amide bonds. The number of aliphatic hydroxyl groups is 1. The number of rotatable bonds is 9. The molecule has 0 radical (unpaired) electrons. The standard InChI is InChI=1S/C20H23NO3S/c1-24-17-9-11-18(12-10-17)25-19-7-3-2-6-16(19)8-13-20(23)21-14-4-5-15-22/h2-3,6-13,22H,4-5,14-15H2,1H3,(H,21,23). The second kappa shape index (κ2) is 10.6. The first-order chi connectivity index (χ1) is 12.2. The SMILES string of the molecule is COc1ccc(Sc2ccccc2C=CC(=O)NCCCCO)cc1. The van der Waals surface area contributed by atoms with Crippen molar-refractivity contribution in [3.63, 3.8) is 0 Å². The van der Waals surface area contributed by atoms with Gasteiger partial charge in [-0.3, -0.25) is 4.79 Å². The van der Waals surface area contributed by atoms with E-state index in [0.29, 0.717) is 13.0 Å². The van der Waals surface area contributed by atoms with Crippen LogP contribution in [0.25, 0.3) is 6.08 Å². The van der Waals surface area contributed by atoms with E-state index in [4.69, 9.17) is 9.84 Å². The Bertz CT molecular complexity index is 698. The van der Waals surface area contributed by atoms with Crippen molar-refractivity contribution >= 4 is 23.7 Å². The number of hydrogen-bond acceptors (Lipinski definition) is 4. The zero-order valence-electron chi connectivity index (χ0n) is 14.3. The van der Waals surface area contributed by atoms with E-state index >= 15 is 0 Å². The second-order valence-corrected chi connectivity index (χ2v) is 6.49. The van der Waals surface area contributed by atoms with Crippen molar-refractivity contribution in [2.75, 3.05) is 20.3 Å². The van der Waals surface area contributed by atoms with Crippen LogP contribution in [0.1, 0.15) is 18.4 Å². The van der Waals surface area contributed by atoms with Crippen LogP contribution in [-0.4, -0.2) is 31.3 Å². The van der Waals surface area contributed by atoms with E-state index in [2.05, 4.69) is 5.32 Å². The Labute approximate surface area is 152 Å². The molecule has 0 aliphatic carbocycles. The van der Waals surface area contributed by atoms with Crippen LogP contribution in [0.5, 0.6) is 5.75 Å². The fraction of sp³-hybridized carbons (Fsp3) is 0.250. The molecule has 0 aliphatic heterocycles. The monoisotopic (exact) mass is 357 g/mol. The first-order valence-corrected chi connectivity index (χ1v) is 9.02. The van der Waals surface area contributed by atoms with Crippen LogP contribution in [0.4, 0.5) is 0 Å². The molecule has 2 N–H and O–H groups in total. The molecule has 0 aromatic heterocycles. The summed E-state index contributed by atoms with van der Waals surface area (Å²) in [5.74, 6) is 0.706. The van der Waals surface area contributed by atoms with Gasteiger partial charge in [0.25, 0.3) is 0 Å². The minimum atomic E-state index is -0.123. The van der Waals surface area contributed by atoms with E-state index in [1.807, 2.05) is 54.6 Å². The number of hydrogen-bond donors (Lipinski definition) is 2. The summed E-state index contributed by atoms with van der Waals surface area (Å²) in [5, 5.41) is 11.5. The van der Waals surface area contributed by atoms with E-state index in [1.165, 1.54) is 0 Å². The average molecular weight is 357 g/mol. The lowest BCUT2D eigenvalue weighted by Gasteiger charge is -2.07. The normalized spacial score (nSPS) is 10.8. The van der Waals surface area contributed by atoms with Crippen molar-refractivity contribution in [1.82, 2.24) is 5.32 Å². The zero-order valence-corrected chi connectivity index (χ0v) is 15.1. The van der Waals surface area contributed by atoms with Gasteiger partial charge in [-0.05, 0) is 54.8 Å². The molecule has 4 nitrogen and oxygen atoms in total. The van der Waals surface area contributed by atoms with Crippen molar-refractivity contribution in [2.24, 2.45) is 0 Å². The van der Waals surface area contributed by atoms with Gasteiger partial charge in [-0.2, -0.15) is 0 Å². The van der Waals surface area contributed by atoms with Crippen molar-refractivity contribution in [2.45, 2.75) is 22.6 Å². The largest absolute Gasteiger partial charge is 0.497 e. The molecular formula is C20H23NO3S. The lowest BCUT2D eigenvalue weighted by molar-refractivity contribution is -0.116. The molecule has 0 unspecified atom stereocenters. The highest BCUT2D eigenvalue weighted by atomic mass is 32.2. The van der Waals surface area contributed by atoms with E-state index in [1.54, 1.807) is 24.9 Å². The van der Waals surface area contributed by atoms with E-state index in [0.717, 1.165) is 27.5 Å². The lowest BCUT2D eigenvalue weighted by atomic mass is 10.2. The number of nitrogens with one attached hydrogen (secondary N) is 1. The Morgan fingerprint density at radius 2 is 1.92 bits per heavy atom. The Morgan fingerprint density at radius 1 is 1.16 bits per heavy atom. The summed E-state index contributed by atoms with van der Waals surface area (Å²) in [7, 11) is 1.65. The number of methoxy groups -OCH3 is 1. The molecule has 0 fully saturated rings. The van der Waals surface area contributed by atoms with Gasteiger partial charge in [0.2, 0.25) is 5.91 Å². The van der Waals surface area contributed by atoms with Crippen LogP contribution in [0.15, 0.2) is 64.4 Å². The van der Waals surface area contributed by atoms with Crippen LogP contribution in [-0.2, 0) is 4.79 Å². The number of aliphatic hydroxyl groups excluding tert-OH is 1. The number of amides is 1. The highest BCUT2D eigenvalue weighted by Gasteiger charge is 2.03. The molecule has 2 rings (SSSR count). The number of ether oxygens (including phenoxy) is 1. The maximum atomic E-state index is 11.8. The minimum absolute atomic E-state index is 0.123. The molecular weight excluding hydrogens is 334 g/mol. The van der Waals surface area contributed by atoms with Gasteiger partial charge in [-0.15, -0.1) is 0 Å². The minimum Gasteiger partial charge on any atom is -0.497 e. The van der Waals surface area contributed by atoms with Gasteiger partial charge >= 0.3 is 0 Å². The topological polar surface area (TPSA) is 58.6 Å². The van der Waals surface area contributed by atoms with E-state index in [-0.39, 0.29) is 12.5 Å². The van der Waals surface area contributed by atoms with Gasteiger partial charge in [0.1, 0.15) is 5.75 Å². The molecule has 0 heterocycles. The molecule has 0 saturated heterocycles. The first kappa shape index (κ1) is 19.1. The number of unbranched alkanes of at least 4 members (excludes halogenated alkanes) is 1. The Kier molecular flexibility index (Phi) is 8.09. The van der Waals surface area contributed by atoms with Crippen molar-refractivity contribution in [3.05, 3.63) is 60.2 Å². The molecule has 25 heavy (non-hydrogen) atoms. The Balaban J connectivity index is 1.99. The van der Waals surface area contributed by atoms with Crippen LogP contribution >= 0.6 is 11.8 Å². The highest BCUT2D eigenvalue weighted by molar-refractivity contribution is 7.99. The van der Waals surface area contributed by atoms with Gasteiger partial charge in [-0.25, -0.2) is 0 Å². The maximum absolute atomic E-state index is 11.8. The number of carbonyl (C=O) groups is 1. The summed E-state index contributed by atoms with van der Waals surface area (Å²) >= 11 is 1.64. The Morgan fingerprint density at radius 3 is 2.64 bits per heavy atom. The molecule has 132 valence electrons. The molecule has 0 saturated carbocycles. The van der Waals surface area contributed by atoms with Gasteiger partial charge in [-0.1, -0.05) is 30.0 Å².